The lowest BCUT2D eigenvalue weighted by molar-refractivity contribution is 0.581. The topological polar surface area (TPSA) is 62.0 Å². The van der Waals surface area contributed by atoms with Crippen LogP contribution >= 0.6 is 15.9 Å². The van der Waals surface area contributed by atoms with E-state index in [4.69, 9.17) is 0 Å². The number of fused-ring (bicyclic) bond motifs is 1. The number of H-pyrrole nitrogens is 1. The van der Waals surface area contributed by atoms with Gasteiger partial charge in [-0.25, -0.2) is 13.1 Å². The van der Waals surface area contributed by atoms with E-state index in [2.05, 4.69) is 32.6 Å². The van der Waals surface area contributed by atoms with E-state index >= 15 is 0 Å². The van der Waals surface area contributed by atoms with E-state index in [0.717, 1.165) is 33.8 Å². The Kier molecular flexibility index (Phi) is 6.16. The molecule has 1 heterocycles. The SMILES string of the molecule is C[C@@H](CCBr)c1ccc(S(=O)(=O)NCCc2c[nH]c3ccccc23)cc1. The summed E-state index contributed by atoms with van der Waals surface area (Å²) in [5, 5.41) is 2.07. The number of hydrogen-bond donors (Lipinski definition) is 2. The molecular formula is C20H23BrN2O2S. The smallest absolute Gasteiger partial charge is 0.240 e. The van der Waals surface area contributed by atoms with Crippen LogP contribution in [0.3, 0.4) is 0 Å². The van der Waals surface area contributed by atoms with Crippen LogP contribution in [0.4, 0.5) is 0 Å². The average Bonchev–Trinajstić information content (AvgIpc) is 3.05. The second-order valence-electron chi connectivity index (χ2n) is 6.46. The van der Waals surface area contributed by atoms with Crippen molar-refractivity contribution in [3.63, 3.8) is 0 Å². The maximum atomic E-state index is 12.5. The van der Waals surface area contributed by atoms with Gasteiger partial charge in [0, 0.05) is 29.0 Å². The summed E-state index contributed by atoms with van der Waals surface area (Å²) < 4.78 is 27.7. The largest absolute Gasteiger partial charge is 0.361 e. The molecule has 1 aromatic heterocycles. The van der Waals surface area contributed by atoms with Crippen LogP contribution in [0.2, 0.25) is 0 Å². The predicted octanol–water partition coefficient (Wildman–Crippen LogP) is 4.58. The molecule has 0 aliphatic carbocycles. The standard InChI is InChI=1S/C20H23BrN2O2S/c1-15(10-12-21)16-6-8-18(9-7-16)26(24,25)23-13-11-17-14-22-20-5-3-2-4-19(17)20/h2-9,14-15,22-23H,10-13H2,1H3/t15-/m0/s1. The Morgan fingerprint density at radius 2 is 1.85 bits per heavy atom. The molecule has 2 N–H and O–H groups in total. The lowest BCUT2D eigenvalue weighted by Crippen LogP contribution is -2.26. The molecule has 3 rings (SSSR count). The zero-order chi connectivity index (χ0) is 18.6. The summed E-state index contributed by atoms with van der Waals surface area (Å²) >= 11 is 3.45. The van der Waals surface area contributed by atoms with Crippen molar-refractivity contribution in [2.45, 2.75) is 30.6 Å². The molecule has 138 valence electrons. The summed E-state index contributed by atoms with van der Waals surface area (Å²) in [7, 11) is -3.49. The van der Waals surface area contributed by atoms with Gasteiger partial charge < -0.3 is 4.98 Å². The second kappa shape index (κ2) is 8.37. The number of alkyl halides is 1. The van der Waals surface area contributed by atoms with Gasteiger partial charge in [0.05, 0.1) is 4.90 Å². The minimum absolute atomic E-state index is 0.311. The predicted molar refractivity (Wildman–Crippen MR) is 110 cm³/mol. The summed E-state index contributed by atoms with van der Waals surface area (Å²) in [4.78, 5) is 3.53. The first kappa shape index (κ1) is 19.1. The molecule has 0 radical (unpaired) electrons. The van der Waals surface area contributed by atoms with Crippen molar-refractivity contribution in [3.8, 4) is 0 Å². The summed E-state index contributed by atoms with van der Waals surface area (Å²) in [6.45, 7) is 2.51. The van der Waals surface area contributed by atoms with E-state index < -0.39 is 10.0 Å². The molecule has 0 bridgehead atoms. The fourth-order valence-electron chi connectivity index (χ4n) is 3.05. The van der Waals surface area contributed by atoms with E-state index in [9.17, 15) is 8.42 Å². The Bertz CT molecular complexity index is 965. The fraction of sp³-hybridized carbons (Fsp3) is 0.300. The van der Waals surface area contributed by atoms with Crippen LogP contribution in [0.25, 0.3) is 10.9 Å². The normalized spacial score (nSPS) is 13.2. The zero-order valence-electron chi connectivity index (χ0n) is 14.7. The monoisotopic (exact) mass is 434 g/mol. The molecule has 1 atom stereocenters. The molecule has 4 nitrogen and oxygen atoms in total. The number of sulfonamides is 1. The second-order valence-corrected chi connectivity index (χ2v) is 9.01. The van der Waals surface area contributed by atoms with E-state index in [0.29, 0.717) is 23.8 Å². The van der Waals surface area contributed by atoms with Crippen molar-refractivity contribution in [1.29, 1.82) is 0 Å². The summed E-state index contributed by atoms with van der Waals surface area (Å²) in [6, 6.07) is 15.2. The van der Waals surface area contributed by atoms with Gasteiger partial charge in [-0.05, 0) is 48.1 Å². The number of nitrogens with one attached hydrogen (secondary N) is 2. The van der Waals surface area contributed by atoms with Crippen LogP contribution in [0.1, 0.15) is 30.4 Å². The van der Waals surface area contributed by atoms with E-state index in [1.165, 1.54) is 0 Å². The molecule has 0 aliphatic rings. The summed E-state index contributed by atoms with van der Waals surface area (Å²) in [5.74, 6) is 0.404. The van der Waals surface area contributed by atoms with Crippen LogP contribution in [-0.4, -0.2) is 25.3 Å². The van der Waals surface area contributed by atoms with E-state index in [1.807, 2.05) is 42.6 Å². The summed E-state index contributed by atoms with van der Waals surface area (Å²) in [6.07, 6.45) is 3.61. The molecule has 0 amide bonds. The third-order valence-corrected chi connectivity index (χ3v) is 6.60. The lowest BCUT2D eigenvalue weighted by atomic mass is 9.99. The van der Waals surface area contributed by atoms with Crippen LogP contribution in [0.15, 0.2) is 59.6 Å². The van der Waals surface area contributed by atoms with E-state index in [1.54, 1.807) is 12.1 Å². The number of hydrogen-bond acceptors (Lipinski definition) is 2. The number of para-hydroxylation sites is 1. The molecule has 0 saturated heterocycles. The van der Waals surface area contributed by atoms with Crippen molar-refractivity contribution >= 4 is 36.9 Å². The minimum atomic E-state index is -3.49. The number of halogens is 1. The molecule has 0 unspecified atom stereocenters. The van der Waals surface area contributed by atoms with Crippen molar-refractivity contribution < 1.29 is 8.42 Å². The molecule has 0 spiro atoms. The average molecular weight is 435 g/mol. The number of aromatic amines is 1. The summed E-state index contributed by atoms with van der Waals surface area (Å²) in [5.41, 5.74) is 3.34. The molecule has 3 aromatic rings. The van der Waals surface area contributed by atoms with Gasteiger partial charge in [-0.15, -0.1) is 0 Å². The first-order valence-electron chi connectivity index (χ1n) is 8.72. The molecular weight excluding hydrogens is 412 g/mol. The van der Waals surface area contributed by atoms with Gasteiger partial charge in [0.15, 0.2) is 0 Å². The van der Waals surface area contributed by atoms with Gasteiger partial charge in [0.25, 0.3) is 0 Å². The van der Waals surface area contributed by atoms with E-state index in [-0.39, 0.29) is 0 Å². The van der Waals surface area contributed by atoms with Crippen LogP contribution in [0.5, 0.6) is 0 Å². The molecule has 0 saturated carbocycles. The Morgan fingerprint density at radius 1 is 1.12 bits per heavy atom. The van der Waals surface area contributed by atoms with Crippen molar-refractivity contribution in [1.82, 2.24) is 9.71 Å². The molecule has 0 fully saturated rings. The Labute approximate surface area is 163 Å². The molecule has 2 aromatic carbocycles. The highest BCUT2D eigenvalue weighted by atomic mass is 79.9. The quantitative estimate of drug-likeness (QED) is 0.509. The fourth-order valence-corrected chi connectivity index (χ4v) is 4.77. The van der Waals surface area contributed by atoms with Gasteiger partial charge in [-0.1, -0.05) is 53.2 Å². The third kappa shape index (κ3) is 4.37. The maximum Gasteiger partial charge on any atom is 0.240 e. The molecule has 26 heavy (non-hydrogen) atoms. The Balaban J connectivity index is 1.63. The van der Waals surface area contributed by atoms with Crippen molar-refractivity contribution in [2.24, 2.45) is 0 Å². The van der Waals surface area contributed by atoms with Crippen molar-refractivity contribution in [3.05, 3.63) is 65.9 Å². The van der Waals surface area contributed by atoms with Crippen molar-refractivity contribution in [2.75, 3.05) is 11.9 Å². The Hall–Kier alpha value is -1.63. The number of benzene rings is 2. The van der Waals surface area contributed by atoms with Gasteiger partial charge in [-0.3, -0.25) is 0 Å². The van der Waals surface area contributed by atoms with Gasteiger partial charge in [0.1, 0.15) is 0 Å². The highest BCUT2D eigenvalue weighted by Gasteiger charge is 2.14. The minimum Gasteiger partial charge on any atom is -0.361 e. The van der Waals surface area contributed by atoms with Crippen LogP contribution < -0.4 is 4.72 Å². The molecule has 0 aliphatic heterocycles. The van der Waals surface area contributed by atoms with Crippen LogP contribution in [0, 0.1) is 0 Å². The third-order valence-electron chi connectivity index (χ3n) is 4.66. The zero-order valence-corrected chi connectivity index (χ0v) is 17.1. The Morgan fingerprint density at radius 3 is 2.58 bits per heavy atom. The highest BCUT2D eigenvalue weighted by Crippen LogP contribution is 2.22. The number of rotatable bonds is 8. The van der Waals surface area contributed by atoms with Gasteiger partial charge >= 0.3 is 0 Å². The first-order chi connectivity index (χ1) is 12.5. The lowest BCUT2D eigenvalue weighted by Gasteiger charge is -2.11. The molecule has 6 heteroatoms. The number of aromatic nitrogens is 1. The van der Waals surface area contributed by atoms with Gasteiger partial charge in [-0.2, -0.15) is 0 Å². The first-order valence-corrected chi connectivity index (χ1v) is 11.3. The van der Waals surface area contributed by atoms with Gasteiger partial charge in [0.2, 0.25) is 10.0 Å². The van der Waals surface area contributed by atoms with Crippen LogP contribution in [-0.2, 0) is 16.4 Å². The maximum absolute atomic E-state index is 12.5. The highest BCUT2D eigenvalue weighted by molar-refractivity contribution is 9.09.